The number of piperidine rings is 1. The largest absolute Gasteiger partial charge is 0.356 e. The van der Waals surface area contributed by atoms with E-state index in [1.54, 1.807) is 11.3 Å². The van der Waals surface area contributed by atoms with Crippen LogP contribution in [-0.2, 0) is 12.8 Å². The molecular weight excluding hydrogens is 517 g/mol. The summed E-state index contributed by atoms with van der Waals surface area (Å²) in [5.41, 5.74) is 1.49. The van der Waals surface area contributed by atoms with Crippen LogP contribution in [0.3, 0.4) is 0 Å². The number of aliphatic imine (C=N–C) groups is 1. The number of aromatic nitrogens is 1. The van der Waals surface area contributed by atoms with E-state index in [-0.39, 0.29) is 24.0 Å². The summed E-state index contributed by atoms with van der Waals surface area (Å²) in [6.45, 7) is 7.66. The summed E-state index contributed by atoms with van der Waals surface area (Å²) in [7, 11) is 1.84. The van der Waals surface area contributed by atoms with E-state index in [0.717, 1.165) is 31.4 Å². The molecule has 5 nitrogen and oxygen atoms in total. The molecule has 1 aliphatic heterocycles. The molecule has 3 rings (SSSR count). The molecule has 7 heteroatoms. The predicted molar refractivity (Wildman–Crippen MR) is 144 cm³/mol. The molecular formula is C24H38IN5S. The van der Waals surface area contributed by atoms with Crippen molar-refractivity contribution in [3.63, 3.8) is 0 Å². The van der Waals surface area contributed by atoms with Crippen LogP contribution in [0.2, 0.25) is 0 Å². The number of nitrogens with zero attached hydrogens (tertiary/aromatic N) is 3. The molecule has 1 aromatic carbocycles. The Balaban J connectivity index is 0.00000341. The summed E-state index contributed by atoms with van der Waals surface area (Å²) in [5.74, 6) is 1.75. The number of likely N-dealkylation sites (tertiary alicyclic amines) is 1. The van der Waals surface area contributed by atoms with Crippen LogP contribution < -0.4 is 10.6 Å². The van der Waals surface area contributed by atoms with Gasteiger partial charge in [-0.15, -0.1) is 35.3 Å². The third kappa shape index (κ3) is 9.87. The molecule has 2 aromatic rings. The fraction of sp³-hybridized carbons (Fsp3) is 0.583. The molecule has 2 N–H and O–H groups in total. The Kier molecular flexibility index (Phi) is 12.4. The predicted octanol–water partition coefficient (Wildman–Crippen LogP) is 4.51. The first-order chi connectivity index (χ1) is 14.7. The highest BCUT2D eigenvalue weighted by atomic mass is 127. The molecule has 0 atom stereocenters. The Bertz CT molecular complexity index is 756. The topological polar surface area (TPSA) is 52.6 Å². The van der Waals surface area contributed by atoms with Crippen LogP contribution >= 0.6 is 35.3 Å². The number of hydrogen-bond acceptors (Lipinski definition) is 4. The minimum Gasteiger partial charge on any atom is -0.356 e. The van der Waals surface area contributed by atoms with E-state index in [4.69, 9.17) is 0 Å². The first-order valence-electron chi connectivity index (χ1n) is 11.3. The van der Waals surface area contributed by atoms with Gasteiger partial charge in [0.1, 0.15) is 0 Å². The number of hydrogen-bond donors (Lipinski definition) is 2. The van der Waals surface area contributed by atoms with Gasteiger partial charge in [-0.05, 0) is 70.1 Å². The molecule has 31 heavy (non-hydrogen) atoms. The van der Waals surface area contributed by atoms with Gasteiger partial charge < -0.3 is 15.5 Å². The zero-order chi connectivity index (χ0) is 21.0. The average Bonchev–Trinajstić information content (AvgIpc) is 3.19. The number of benzene rings is 1. The number of thiazole rings is 1. The van der Waals surface area contributed by atoms with Crippen molar-refractivity contribution in [1.82, 2.24) is 20.5 Å². The van der Waals surface area contributed by atoms with Crippen molar-refractivity contribution in [3.8, 4) is 0 Å². The van der Waals surface area contributed by atoms with Gasteiger partial charge in [-0.3, -0.25) is 4.99 Å². The summed E-state index contributed by atoms with van der Waals surface area (Å²) in [6, 6.07) is 11.0. The molecule has 0 saturated carbocycles. The van der Waals surface area contributed by atoms with Gasteiger partial charge in [-0.1, -0.05) is 30.3 Å². The second kappa shape index (κ2) is 14.8. The van der Waals surface area contributed by atoms with Gasteiger partial charge in [-0.25, -0.2) is 4.98 Å². The highest BCUT2D eigenvalue weighted by Gasteiger charge is 2.18. The molecule has 172 valence electrons. The summed E-state index contributed by atoms with van der Waals surface area (Å²) >= 11 is 1.77. The molecule has 0 bridgehead atoms. The van der Waals surface area contributed by atoms with E-state index in [1.165, 1.54) is 67.2 Å². The zero-order valence-electron chi connectivity index (χ0n) is 19.0. The normalized spacial score (nSPS) is 15.5. The van der Waals surface area contributed by atoms with Gasteiger partial charge in [0.2, 0.25) is 0 Å². The highest BCUT2D eigenvalue weighted by molar-refractivity contribution is 14.0. The van der Waals surface area contributed by atoms with Crippen LogP contribution in [-0.4, -0.2) is 55.6 Å². The molecule has 1 saturated heterocycles. The zero-order valence-corrected chi connectivity index (χ0v) is 22.1. The number of guanidine groups is 1. The van der Waals surface area contributed by atoms with Gasteiger partial charge in [-0.2, -0.15) is 0 Å². The number of rotatable bonds is 10. The lowest BCUT2D eigenvalue weighted by Crippen LogP contribution is -2.39. The van der Waals surface area contributed by atoms with Crippen LogP contribution in [0.1, 0.15) is 41.1 Å². The maximum atomic E-state index is 4.41. The molecule has 1 fully saturated rings. The van der Waals surface area contributed by atoms with Crippen molar-refractivity contribution in [2.24, 2.45) is 10.9 Å². The summed E-state index contributed by atoms with van der Waals surface area (Å²) in [5, 5.41) is 8.01. The third-order valence-corrected chi connectivity index (χ3v) is 6.76. The van der Waals surface area contributed by atoms with Crippen LogP contribution in [0, 0.1) is 12.8 Å². The molecule has 0 aliphatic carbocycles. The van der Waals surface area contributed by atoms with Crippen molar-refractivity contribution in [2.45, 2.75) is 45.4 Å². The Morgan fingerprint density at radius 1 is 1.13 bits per heavy atom. The van der Waals surface area contributed by atoms with E-state index in [0.29, 0.717) is 0 Å². The Morgan fingerprint density at radius 3 is 2.55 bits per heavy atom. The Morgan fingerprint density at radius 2 is 1.87 bits per heavy atom. The SMILES string of the molecule is CN=C(NCCCCN1CCC(Cc2ccccc2)CC1)NCCc1ncc(C)s1.I. The monoisotopic (exact) mass is 555 g/mol. The van der Waals surface area contributed by atoms with Crippen molar-refractivity contribution in [2.75, 3.05) is 39.8 Å². The lowest BCUT2D eigenvalue weighted by atomic mass is 9.90. The van der Waals surface area contributed by atoms with Gasteiger partial charge in [0, 0.05) is 37.6 Å². The van der Waals surface area contributed by atoms with E-state index < -0.39 is 0 Å². The summed E-state index contributed by atoms with van der Waals surface area (Å²) in [4.78, 5) is 12.6. The summed E-state index contributed by atoms with van der Waals surface area (Å²) < 4.78 is 0. The second-order valence-corrected chi connectivity index (χ2v) is 9.54. The van der Waals surface area contributed by atoms with Crippen molar-refractivity contribution in [3.05, 3.63) is 52.0 Å². The molecule has 1 aromatic heterocycles. The fourth-order valence-electron chi connectivity index (χ4n) is 4.05. The van der Waals surface area contributed by atoms with Crippen molar-refractivity contribution >= 4 is 41.3 Å². The average molecular weight is 556 g/mol. The number of unbranched alkanes of at least 4 members (excludes halogenated alkanes) is 1. The number of aryl methyl sites for hydroxylation is 1. The molecule has 0 amide bonds. The van der Waals surface area contributed by atoms with Gasteiger partial charge in [0.15, 0.2) is 5.96 Å². The minimum atomic E-state index is 0. The van der Waals surface area contributed by atoms with Gasteiger partial charge in [0.25, 0.3) is 0 Å². The second-order valence-electron chi connectivity index (χ2n) is 8.22. The molecule has 0 spiro atoms. The Labute approximate surface area is 209 Å². The van der Waals surface area contributed by atoms with Crippen LogP contribution in [0.15, 0.2) is 41.5 Å². The molecule has 1 aliphatic rings. The van der Waals surface area contributed by atoms with E-state index in [2.05, 4.69) is 62.8 Å². The number of nitrogens with one attached hydrogen (secondary N) is 2. The minimum absolute atomic E-state index is 0. The fourth-order valence-corrected chi connectivity index (χ4v) is 4.84. The standard InChI is InChI=1S/C24H37N5S.HI/c1-20-19-28-23(30-20)10-14-27-24(25-2)26-13-6-7-15-29-16-11-22(12-17-29)18-21-8-4-3-5-9-21;/h3-5,8-9,19,22H,6-7,10-18H2,1-2H3,(H2,25,26,27);1H. The first kappa shape index (κ1) is 26.1. The summed E-state index contributed by atoms with van der Waals surface area (Å²) in [6.07, 6.45) is 9.22. The molecule has 0 unspecified atom stereocenters. The lowest BCUT2D eigenvalue weighted by molar-refractivity contribution is 0.181. The van der Waals surface area contributed by atoms with Crippen LogP contribution in [0.25, 0.3) is 0 Å². The maximum absolute atomic E-state index is 4.41. The first-order valence-corrected chi connectivity index (χ1v) is 12.2. The van der Waals surface area contributed by atoms with Crippen LogP contribution in [0.4, 0.5) is 0 Å². The van der Waals surface area contributed by atoms with E-state index in [1.807, 2.05) is 13.2 Å². The highest BCUT2D eigenvalue weighted by Crippen LogP contribution is 2.21. The third-order valence-electron chi connectivity index (χ3n) is 5.79. The number of halogens is 1. The van der Waals surface area contributed by atoms with Gasteiger partial charge in [0.05, 0.1) is 5.01 Å². The van der Waals surface area contributed by atoms with E-state index in [9.17, 15) is 0 Å². The van der Waals surface area contributed by atoms with Crippen molar-refractivity contribution < 1.29 is 0 Å². The molecule has 2 heterocycles. The lowest BCUT2D eigenvalue weighted by Gasteiger charge is -2.32. The molecule has 0 radical (unpaired) electrons. The quantitative estimate of drug-likeness (QED) is 0.196. The Hall–Kier alpha value is -1.19. The maximum Gasteiger partial charge on any atom is 0.190 e. The van der Waals surface area contributed by atoms with Crippen LogP contribution in [0.5, 0.6) is 0 Å². The smallest absolute Gasteiger partial charge is 0.190 e. The van der Waals surface area contributed by atoms with E-state index >= 15 is 0 Å². The van der Waals surface area contributed by atoms with Gasteiger partial charge >= 0.3 is 0 Å². The van der Waals surface area contributed by atoms with Crippen molar-refractivity contribution in [1.29, 1.82) is 0 Å².